The van der Waals surface area contributed by atoms with Crippen molar-refractivity contribution in [1.29, 1.82) is 0 Å². The second kappa shape index (κ2) is 6.20. The normalized spacial score (nSPS) is 14.4. The van der Waals surface area contributed by atoms with Gasteiger partial charge in [-0.15, -0.1) is 0 Å². The van der Waals surface area contributed by atoms with Gasteiger partial charge in [0.25, 0.3) is 0 Å². The number of aromatic nitrogens is 1. The van der Waals surface area contributed by atoms with E-state index < -0.39 is 0 Å². The molecule has 2 aromatic rings. The van der Waals surface area contributed by atoms with Gasteiger partial charge in [0.05, 0.1) is 16.3 Å². The molecule has 1 aromatic carbocycles. The molecule has 6 heteroatoms. The Hall–Kier alpha value is -2.08. The molecule has 1 fully saturated rings. The maximum absolute atomic E-state index is 12.1. The van der Waals surface area contributed by atoms with E-state index in [2.05, 4.69) is 43.2 Å². The molecule has 0 aliphatic carbocycles. The fourth-order valence-corrected chi connectivity index (χ4v) is 3.65. The van der Waals surface area contributed by atoms with E-state index in [1.165, 1.54) is 22.2 Å². The number of rotatable bonds is 3. The third-order valence-corrected chi connectivity index (χ3v) is 4.83. The van der Waals surface area contributed by atoms with Crippen LogP contribution in [-0.2, 0) is 4.79 Å². The van der Waals surface area contributed by atoms with Crippen molar-refractivity contribution in [3.8, 4) is 0 Å². The number of hydrogen-bond acceptors (Lipinski definition) is 4. The van der Waals surface area contributed by atoms with Gasteiger partial charge in [-0.3, -0.25) is 9.69 Å². The average molecular weight is 329 g/mol. The Kier molecular flexibility index (Phi) is 4.26. The Bertz CT molecular complexity index is 804. The van der Waals surface area contributed by atoms with Crippen molar-refractivity contribution < 1.29 is 9.59 Å². The lowest BCUT2D eigenvalue weighted by Crippen LogP contribution is -2.35. The van der Waals surface area contributed by atoms with Crippen LogP contribution in [0.4, 0.5) is 4.79 Å². The summed E-state index contributed by atoms with van der Waals surface area (Å²) >= 11 is 1.38. The van der Waals surface area contributed by atoms with Gasteiger partial charge < -0.3 is 5.32 Å². The van der Waals surface area contributed by atoms with Gasteiger partial charge >= 0.3 is 6.03 Å². The molecule has 0 bridgehead atoms. The molecular weight excluding hydrogens is 310 g/mol. The maximum atomic E-state index is 12.1. The van der Waals surface area contributed by atoms with Crippen molar-refractivity contribution >= 4 is 34.6 Å². The highest BCUT2D eigenvalue weighted by Gasteiger charge is 2.25. The summed E-state index contributed by atoms with van der Waals surface area (Å²) in [5.74, 6) is 0.0428. The SMILES string of the molecule is Cc1cc(C)c2nc(SCC(=O)N3CCNC3=O)cc(C)c2c1. The molecule has 0 saturated carbocycles. The lowest BCUT2D eigenvalue weighted by atomic mass is 10.0. The van der Waals surface area contributed by atoms with Crippen LogP contribution in [0.25, 0.3) is 10.9 Å². The van der Waals surface area contributed by atoms with E-state index in [9.17, 15) is 9.59 Å². The predicted molar refractivity (Wildman–Crippen MR) is 91.8 cm³/mol. The van der Waals surface area contributed by atoms with E-state index in [0.29, 0.717) is 13.1 Å². The molecule has 3 rings (SSSR count). The summed E-state index contributed by atoms with van der Waals surface area (Å²) in [5.41, 5.74) is 4.48. The molecule has 0 unspecified atom stereocenters. The van der Waals surface area contributed by atoms with Crippen LogP contribution in [0.2, 0.25) is 0 Å². The number of carbonyl (C=O) groups excluding carboxylic acids is 2. The van der Waals surface area contributed by atoms with Crippen molar-refractivity contribution in [3.05, 3.63) is 34.9 Å². The highest BCUT2D eigenvalue weighted by atomic mass is 32.2. The van der Waals surface area contributed by atoms with Crippen LogP contribution >= 0.6 is 11.8 Å². The standard InChI is InChI=1S/C17H19N3O2S/c1-10-6-12(3)16-13(7-10)11(2)8-14(19-16)23-9-15(21)20-5-4-18-17(20)22/h6-8H,4-5,9H2,1-3H3,(H,18,22). The summed E-state index contributed by atoms with van der Waals surface area (Å²) in [6.07, 6.45) is 0. The Morgan fingerprint density at radius 3 is 2.74 bits per heavy atom. The molecule has 5 nitrogen and oxygen atoms in total. The topological polar surface area (TPSA) is 62.3 Å². The van der Waals surface area contributed by atoms with Gasteiger partial charge in [0, 0.05) is 18.5 Å². The number of aryl methyl sites for hydroxylation is 3. The molecule has 0 spiro atoms. The smallest absolute Gasteiger partial charge is 0.324 e. The quantitative estimate of drug-likeness (QED) is 0.880. The molecule has 0 atom stereocenters. The highest BCUT2D eigenvalue weighted by molar-refractivity contribution is 7.99. The van der Waals surface area contributed by atoms with Crippen molar-refractivity contribution in [3.63, 3.8) is 0 Å². The number of imide groups is 1. The number of benzene rings is 1. The van der Waals surface area contributed by atoms with Crippen molar-refractivity contribution in [1.82, 2.24) is 15.2 Å². The molecule has 3 amide bonds. The van der Waals surface area contributed by atoms with Crippen LogP contribution < -0.4 is 5.32 Å². The average Bonchev–Trinajstić information content (AvgIpc) is 2.92. The van der Waals surface area contributed by atoms with Crippen LogP contribution in [-0.4, -0.2) is 40.7 Å². The number of pyridine rings is 1. The predicted octanol–water partition coefficient (Wildman–Crippen LogP) is 2.80. The first kappa shape index (κ1) is 15.8. The number of nitrogens with one attached hydrogen (secondary N) is 1. The Morgan fingerprint density at radius 1 is 1.26 bits per heavy atom. The van der Waals surface area contributed by atoms with E-state index in [1.807, 2.05) is 6.07 Å². The van der Waals surface area contributed by atoms with E-state index in [4.69, 9.17) is 0 Å². The lowest BCUT2D eigenvalue weighted by molar-refractivity contribution is -0.124. The van der Waals surface area contributed by atoms with Crippen molar-refractivity contribution in [2.24, 2.45) is 0 Å². The first-order valence-electron chi connectivity index (χ1n) is 7.55. The third-order valence-electron chi connectivity index (χ3n) is 3.93. The second-order valence-corrected chi connectivity index (χ2v) is 6.82. The summed E-state index contributed by atoms with van der Waals surface area (Å²) in [7, 11) is 0. The zero-order chi connectivity index (χ0) is 16.6. The minimum absolute atomic E-state index is 0.176. The zero-order valence-corrected chi connectivity index (χ0v) is 14.3. The van der Waals surface area contributed by atoms with Gasteiger partial charge in [0.1, 0.15) is 0 Å². The van der Waals surface area contributed by atoms with Gasteiger partial charge in [-0.1, -0.05) is 23.4 Å². The molecule has 0 radical (unpaired) electrons. The molecule has 1 saturated heterocycles. The zero-order valence-electron chi connectivity index (χ0n) is 13.5. The van der Waals surface area contributed by atoms with Crippen molar-refractivity contribution in [2.45, 2.75) is 25.8 Å². The molecule has 1 aromatic heterocycles. The number of amides is 3. The minimum Gasteiger partial charge on any atom is -0.336 e. The summed E-state index contributed by atoms with van der Waals surface area (Å²) < 4.78 is 0. The Balaban J connectivity index is 1.81. The van der Waals surface area contributed by atoms with E-state index in [1.54, 1.807) is 0 Å². The molecule has 2 heterocycles. The summed E-state index contributed by atoms with van der Waals surface area (Å²) in [5, 5.41) is 4.60. The minimum atomic E-state index is -0.301. The van der Waals surface area contributed by atoms with Gasteiger partial charge in [0.2, 0.25) is 5.91 Å². The van der Waals surface area contributed by atoms with Crippen molar-refractivity contribution in [2.75, 3.05) is 18.8 Å². The summed E-state index contributed by atoms with van der Waals surface area (Å²) in [4.78, 5) is 29.6. The maximum Gasteiger partial charge on any atom is 0.324 e. The molecule has 23 heavy (non-hydrogen) atoms. The number of thioether (sulfide) groups is 1. The molecule has 1 aliphatic heterocycles. The largest absolute Gasteiger partial charge is 0.336 e. The Morgan fingerprint density at radius 2 is 2.04 bits per heavy atom. The van der Waals surface area contributed by atoms with Crippen LogP contribution in [0.5, 0.6) is 0 Å². The number of fused-ring (bicyclic) bond motifs is 1. The van der Waals surface area contributed by atoms with Gasteiger partial charge in [0.15, 0.2) is 0 Å². The Labute approximate surface area is 139 Å². The van der Waals surface area contributed by atoms with E-state index in [-0.39, 0.29) is 17.7 Å². The number of carbonyl (C=O) groups is 2. The van der Waals surface area contributed by atoms with Gasteiger partial charge in [-0.2, -0.15) is 0 Å². The van der Waals surface area contributed by atoms with Gasteiger partial charge in [-0.25, -0.2) is 9.78 Å². The third kappa shape index (κ3) is 3.17. The molecule has 1 aliphatic rings. The van der Waals surface area contributed by atoms with Gasteiger partial charge in [-0.05, 0) is 44.0 Å². The van der Waals surface area contributed by atoms with E-state index in [0.717, 1.165) is 27.1 Å². The first-order chi connectivity index (χ1) is 11.0. The van der Waals surface area contributed by atoms with Crippen LogP contribution in [0.3, 0.4) is 0 Å². The molecule has 1 N–H and O–H groups in total. The second-order valence-electron chi connectivity index (χ2n) is 5.82. The number of nitrogens with zero attached hydrogens (tertiary/aromatic N) is 2. The number of urea groups is 1. The summed E-state index contributed by atoms with van der Waals surface area (Å²) in [6.45, 7) is 7.16. The highest BCUT2D eigenvalue weighted by Crippen LogP contribution is 2.27. The van der Waals surface area contributed by atoms with Crippen LogP contribution in [0.15, 0.2) is 23.2 Å². The fraction of sp³-hybridized carbons (Fsp3) is 0.353. The lowest BCUT2D eigenvalue weighted by Gasteiger charge is -2.12. The monoisotopic (exact) mass is 329 g/mol. The van der Waals surface area contributed by atoms with Crippen LogP contribution in [0, 0.1) is 20.8 Å². The first-order valence-corrected chi connectivity index (χ1v) is 8.54. The number of hydrogen-bond donors (Lipinski definition) is 1. The van der Waals surface area contributed by atoms with E-state index >= 15 is 0 Å². The summed E-state index contributed by atoms with van der Waals surface area (Å²) in [6, 6.07) is 5.95. The fourth-order valence-electron chi connectivity index (χ4n) is 2.81. The molecular formula is C17H19N3O2S. The molecule has 120 valence electrons. The van der Waals surface area contributed by atoms with Crippen LogP contribution in [0.1, 0.15) is 16.7 Å².